The number of rotatable bonds is 15. The first kappa shape index (κ1) is 42.3. The van der Waals surface area contributed by atoms with Crippen LogP contribution in [0.15, 0.2) is 141 Å². The second-order valence-electron chi connectivity index (χ2n) is 12.9. The van der Waals surface area contributed by atoms with Crippen molar-refractivity contribution >= 4 is 0 Å². The minimum atomic E-state index is -0.153. The molecule has 0 saturated heterocycles. The first-order valence-corrected chi connectivity index (χ1v) is 18.4. The molecule has 0 saturated carbocycles. The molecule has 0 fully saturated rings. The van der Waals surface area contributed by atoms with Crippen molar-refractivity contribution in [3.63, 3.8) is 0 Å². The highest BCUT2D eigenvalue weighted by atomic mass is 16.5. The quantitative estimate of drug-likeness (QED) is 0.117. The lowest BCUT2D eigenvalue weighted by Gasteiger charge is -2.35. The molecule has 0 aliphatic carbocycles. The van der Waals surface area contributed by atoms with E-state index in [0.717, 1.165) is 25.9 Å². The second-order valence-corrected chi connectivity index (χ2v) is 12.9. The Morgan fingerprint density at radius 2 is 1.08 bits per heavy atom. The summed E-state index contributed by atoms with van der Waals surface area (Å²) >= 11 is 0. The van der Waals surface area contributed by atoms with E-state index in [0.29, 0.717) is 17.8 Å². The van der Waals surface area contributed by atoms with Crippen LogP contribution in [-0.2, 0) is 23.0 Å². The fraction of sp³-hybridized carbons (Fsp3) is 0.404. The van der Waals surface area contributed by atoms with Gasteiger partial charge in [0.05, 0.1) is 12.7 Å². The minimum Gasteiger partial charge on any atom is -0.377 e. The first-order chi connectivity index (χ1) is 23.3. The molecule has 0 aromatic heterocycles. The number of benzene rings is 4. The van der Waals surface area contributed by atoms with E-state index in [9.17, 15) is 0 Å². The van der Waals surface area contributed by atoms with E-state index < -0.39 is 0 Å². The summed E-state index contributed by atoms with van der Waals surface area (Å²) < 4.78 is 6.76. The maximum absolute atomic E-state index is 6.76. The number of allylic oxidation sites excluding steroid dienone is 2. The van der Waals surface area contributed by atoms with E-state index in [-0.39, 0.29) is 11.5 Å². The van der Waals surface area contributed by atoms with Crippen molar-refractivity contribution in [1.82, 2.24) is 0 Å². The molecule has 0 aliphatic heterocycles. The molecule has 2 unspecified atom stereocenters. The Balaban J connectivity index is 0.00000132. The zero-order chi connectivity index (χ0) is 35.8. The van der Waals surface area contributed by atoms with Gasteiger partial charge in [0.2, 0.25) is 0 Å². The molecule has 2 atom stereocenters. The maximum Gasteiger partial charge on any atom is 0.0627 e. The lowest BCUT2D eigenvalue weighted by atomic mass is 9.72. The van der Waals surface area contributed by atoms with Gasteiger partial charge in [-0.05, 0) is 71.3 Å². The van der Waals surface area contributed by atoms with Gasteiger partial charge in [-0.15, -0.1) is 0 Å². The van der Waals surface area contributed by atoms with Crippen LogP contribution in [-0.4, -0.2) is 12.7 Å². The molecule has 0 radical (unpaired) electrons. The van der Waals surface area contributed by atoms with Crippen LogP contribution in [0.5, 0.6) is 0 Å². The summed E-state index contributed by atoms with van der Waals surface area (Å²) in [5.41, 5.74) is 6.66. The third-order valence-corrected chi connectivity index (χ3v) is 8.61. The monoisotopic (exact) mass is 647 g/mol. The Morgan fingerprint density at radius 3 is 1.50 bits per heavy atom. The summed E-state index contributed by atoms with van der Waals surface area (Å²) in [4.78, 5) is 0. The summed E-state index contributed by atoms with van der Waals surface area (Å²) in [5.74, 6) is 1.94. The number of hydrogen-bond acceptors (Lipinski definition) is 1. The molecular formula is C47H66O. The van der Waals surface area contributed by atoms with Crippen LogP contribution in [0.1, 0.15) is 109 Å². The molecule has 4 aromatic carbocycles. The summed E-state index contributed by atoms with van der Waals surface area (Å²) in [6.45, 7) is 27.2. The van der Waals surface area contributed by atoms with Gasteiger partial charge in [0.1, 0.15) is 0 Å². The Labute approximate surface area is 296 Å². The third kappa shape index (κ3) is 14.6. The van der Waals surface area contributed by atoms with Gasteiger partial charge in [-0.1, -0.05) is 203 Å². The molecule has 0 heterocycles. The molecule has 0 N–H and O–H groups in total. The zero-order valence-electron chi connectivity index (χ0n) is 31.8. The first-order valence-electron chi connectivity index (χ1n) is 18.4. The summed E-state index contributed by atoms with van der Waals surface area (Å²) in [5, 5.41) is 0. The van der Waals surface area contributed by atoms with Crippen LogP contribution >= 0.6 is 0 Å². The van der Waals surface area contributed by atoms with Crippen LogP contribution < -0.4 is 0 Å². The van der Waals surface area contributed by atoms with Crippen LogP contribution in [0.4, 0.5) is 0 Å². The Morgan fingerprint density at radius 1 is 0.625 bits per heavy atom. The Kier molecular flexibility index (Phi) is 21.6. The van der Waals surface area contributed by atoms with Crippen LogP contribution in [0.3, 0.4) is 0 Å². The van der Waals surface area contributed by atoms with Gasteiger partial charge in [0.25, 0.3) is 0 Å². The Hall–Kier alpha value is -3.68. The van der Waals surface area contributed by atoms with Gasteiger partial charge in [-0.2, -0.15) is 0 Å². The van der Waals surface area contributed by atoms with Crippen molar-refractivity contribution in [1.29, 1.82) is 0 Å². The average Bonchev–Trinajstić information content (AvgIpc) is 3.13. The summed E-state index contributed by atoms with van der Waals surface area (Å²) in [6, 6.07) is 42.0. The van der Waals surface area contributed by atoms with E-state index in [4.69, 9.17) is 4.74 Å². The van der Waals surface area contributed by atoms with Crippen molar-refractivity contribution in [2.75, 3.05) is 6.61 Å². The van der Waals surface area contributed by atoms with Crippen molar-refractivity contribution < 1.29 is 4.74 Å². The lowest BCUT2D eigenvalue weighted by Crippen LogP contribution is -2.32. The van der Waals surface area contributed by atoms with E-state index in [1.165, 1.54) is 34.2 Å². The smallest absolute Gasteiger partial charge is 0.0627 e. The van der Waals surface area contributed by atoms with Crippen LogP contribution in [0.2, 0.25) is 0 Å². The molecule has 48 heavy (non-hydrogen) atoms. The molecule has 0 aliphatic rings. The largest absolute Gasteiger partial charge is 0.377 e. The van der Waals surface area contributed by atoms with Crippen molar-refractivity contribution in [2.24, 2.45) is 11.8 Å². The molecule has 0 bridgehead atoms. The number of ether oxygens (including phenoxy) is 1. The highest BCUT2D eigenvalue weighted by molar-refractivity contribution is 5.39. The molecule has 1 nitrogen and oxygen atoms in total. The highest BCUT2D eigenvalue weighted by Gasteiger charge is 2.32. The van der Waals surface area contributed by atoms with Crippen LogP contribution in [0, 0.1) is 11.8 Å². The fourth-order valence-electron chi connectivity index (χ4n) is 6.11. The molecule has 260 valence electrons. The predicted molar refractivity (Wildman–Crippen MR) is 214 cm³/mol. The normalized spacial score (nSPS) is 11.9. The topological polar surface area (TPSA) is 9.23 Å². The molecular weight excluding hydrogens is 581 g/mol. The standard InChI is InChI=1S/C39H48O.C4H6.2C2H6/c1-30(2)27-38(31(3)4)34-23-21-33(22-24-34)28-37(40-26-25-32-15-9-6-10-16-32)29-39(5,35-17-11-7-12-18-35)36-19-13-8-14-20-36;1-3-4-2;2*1-2/h6-24,30-31,37-38H,25-29H2,1-5H3;3-4H,1-2H2;2*1-2H3. The van der Waals surface area contributed by atoms with Crippen LogP contribution in [0.25, 0.3) is 0 Å². The van der Waals surface area contributed by atoms with E-state index in [1.54, 1.807) is 12.2 Å². The van der Waals surface area contributed by atoms with Gasteiger partial charge < -0.3 is 4.74 Å². The zero-order valence-corrected chi connectivity index (χ0v) is 31.8. The number of hydrogen-bond donors (Lipinski definition) is 0. The van der Waals surface area contributed by atoms with Crippen molar-refractivity contribution in [3.05, 3.63) is 168 Å². The fourth-order valence-corrected chi connectivity index (χ4v) is 6.11. The lowest BCUT2D eigenvalue weighted by molar-refractivity contribution is 0.0388. The van der Waals surface area contributed by atoms with E-state index >= 15 is 0 Å². The molecule has 0 amide bonds. The maximum atomic E-state index is 6.76. The van der Waals surface area contributed by atoms with Gasteiger partial charge in [0.15, 0.2) is 0 Å². The predicted octanol–water partition coefficient (Wildman–Crippen LogP) is 13.4. The molecule has 4 rings (SSSR count). The van der Waals surface area contributed by atoms with E-state index in [1.807, 2.05) is 27.7 Å². The summed E-state index contributed by atoms with van der Waals surface area (Å²) in [7, 11) is 0. The highest BCUT2D eigenvalue weighted by Crippen LogP contribution is 2.38. The van der Waals surface area contributed by atoms with Gasteiger partial charge in [-0.3, -0.25) is 0 Å². The summed E-state index contributed by atoms with van der Waals surface area (Å²) in [6.07, 6.45) is 7.35. The van der Waals surface area contributed by atoms with E-state index in [2.05, 4.69) is 163 Å². The minimum absolute atomic E-state index is 0.0940. The molecule has 0 spiro atoms. The average molecular weight is 647 g/mol. The molecule has 1 heteroatoms. The van der Waals surface area contributed by atoms with Gasteiger partial charge in [-0.25, -0.2) is 0 Å². The van der Waals surface area contributed by atoms with Crippen molar-refractivity contribution in [3.8, 4) is 0 Å². The van der Waals surface area contributed by atoms with Crippen molar-refractivity contribution in [2.45, 2.75) is 105 Å². The Bertz CT molecular complexity index is 1290. The molecule has 4 aromatic rings. The van der Waals surface area contributed by atoms with Gasteiger partial charge >= 0.3 is 0 Å². The van der Waals surface area contributed by atoms with Gasteiger partial charge in [0, 0.05) is 5.41 Å². The second kappa shape index (κ2) is 24.5. The SMILES string of the molecule is C=CC=C.CC.CC.CC(C)CC(c1ccc(CC(CC(C)(c2ccccc2)c2ccccc2)OCCc2ccccc2)cc1)C(C)C. The third-order valence-electron chi connectivity index (χ3n) is 8.61.